The molecule has 0 unspecified atom stereocenters. The highest BCUT2D eigenvalue weighted by molar-refractivity contribution is 9.10. The zero-order valence-corrected chi connectivity index (χ0v) is 18.7. The topological polar surface area (TPSA) is 107 Å². The number of nitrogens with one attached hydrogen (secondary N) is 1. The molecule has 1 N–H and O–H groups in total. The third-order valence-corrected chi connectivity index (χ3v) is 5.84. The SMILES string of the molecule is CCOc1ccc(N(CC(=O)N/N=C\c2cc3c(cc2Br)OCO3)S(C)(=O)=O)cc1. The highest BCUT2D eigenvalue weighted by Crippen LogP contribution is 2.36. The molecule has 2 aromatic carbocycles. The molecule has 0 spiro atoms. The van der Waals surface area contributed by atoms with E-state index < -0.39 is 22.5 Å². The second kappa shape index (κ2) is 9.35. The number of nitrogens with zero attached hydrogens (tertiary/aromatic N) is 2. The van der Waals surface area contributed by atoms with E-state index in [0.717, 1.165) is 10.6 Å². The largest absolute Gasteiger partial charge is 0.494 e. The van der Waals surface area contributed by atoms with Gasteiger partial charge in [0.2, 0.25) is 16.8 Å². The molecule has 1 aliphatic heterocycles. The third kappa shape index (κ3) is 5.42. The second-order valence-corrected chi connectivity index (χ2v) is 8.98. The number of hydrazone groups is 1. The fourth-order valence-corrected chi connectivity index (χ4v) is 3.93. The molecule has 3 rings (SSSR count). The maximum absolute atomic E-state index is 12.3. The number of sulfonamides is 1. The molecule has 9 nitrogen and oxygen atoms in total. The molecule has 30 heavy (non-hydrogen) atoms. The van der Waals surface area contributed by atoms with Crippen LogP contribution in [0.5, 0.6) is 17.2 Å². The van der Waals surface area contributed by atoms with Crippen LogP contribution < -0.4 is 23.9 Å². The summed E-state index contributed by atoms with van der Waals surface area (Å²) in [5, 5.41) is 3.90. The Balaban J connectivity index is 1.67. The molecule has 0 saturated carbocycles. The van der Waals surface area contributed by atoms with Gasteiger partial charge in [0.1, 0.15) is 12.3 Å². The Morgan fingerprint density at radius 3 is 2.57 bits per heavy atom. The number of ether oxygens (including phenoxy) is 3. The average Bonchev–Trinajstić information content (AvgIpc) is 3.13. The number of amides is 1. The standard InChI is InChI=1S/C19H20BrN3O6S/c1-3-27-15-6-4-14(5-7-15)23(30(2,25)26)11-19(24)22-21-10-13-8-17-18(9-16(13)20)29-12-28-17/h4-10H,3,11-12H2,1-2H3,(H,22,24)/b21-10-. The lowest BCUT2D eigenvalue weighted by Gasteiger charge is -2.21. The minimum absolute atomic E-state index is 0.145. The highest BCUT2D eigenvalue weighted by Gasteiger charge is 2.21. The summed E-state index contributed by atoms with van der Waals surface area (Å²) in [4.78, 5) is 12.3. The molecule has 0 aromatic heterocycles. The van der Waals surface area contributed by atoms with Crippen molar-refractivity contribution in [2.24, 2.45) is 5.10 Å². The number of halogens is 1. The van der Waals surface area contributed by atoms with Crippen LogP contribution >= 0.6 is 15.9 Å². The zero-order valence-electron chi connectivity index (χ0n) is 16.3. The van der Waals surface area contributed by atoms with Gasteiger partial charge in [0.05, 0.1) is 24.8 Å². The molecular weight excluding hydrogens is 478 g/mol. The molecule has 0 aliphatic carbocycles. The molecule has 11 heteroatoms. The summed E-state index contributed by atoms with van der Waals surface area (Å²) >= 11 is 3.39. The van der Waals surface area contributed by atoms with Crippen LogP contribution in [0.2, 0.25) is 0 Å². The molecular formula is C19H20BrN3O6S. The van der Waals surface area contributed by atoms with Gasteiger partial charge in [-0.2, -0.15) is 5.10 Å². The van der Waals surface area contributed by atoms with Crippen molar-refractivity contribution in [3.8, 4) is 17.2 Å². The number of fused-ring (bicyclic) bond motifs is 1. The highest BCUT2D eigenvalue weighted by atomic mass is 79.9. The van der Waals surface area contributed by atoms with Gasteiger partial charge in [0, 0.05) is 10.0 Å². The summed E-state index contributed by atoms with van der Waals surface area (Å²) in [5.74, 6) is 1.20. The summed E-state index contributed by atoms with van der Waals surface area (Å²) in [7, 11) is -3.69. The first-order chi connectivity index (χ1) is 14.3. The van der Waals surface area contributed by atoms with E-state index >= 15 is 0 Å². The minimum Gasteiger partial charge on any atom is -0.494 e. The first-order valence-electron chi connectivity index (χ1n) is 8.89. The Labute approximate surface area is 182 Å². The molecule has 1 amide bonds. The van der Waals surface area contributed by atoms with Crippen molar-refractivity contribution in [2.75, 3.05) is 30.5 Å². The van der Waals surface area contributed by atoms with Crippen molar-refractivity contribution in [2.45, 2.75) is 6.92 Å². The molecule has 0 atom stereocenters. The van der Waals surface area contributed by atoms with Crippen LogP contribution in [0.25, 0.3) is 0 Å². The lowest BCUT2D eigenvalue weighted by atomic mass is 10.2. The molecule has 2 aromatic rings. The predicted octanol–water partition coefficient (Wildman–Crippen LogP) is 2.49. The first-order valence-corrected chi connectivity index (χ1v) is 11.5. The Bertz CT molecular complexity index is 1060. The lowest BCUT2D eigenvalue weighted by Crippen LogP contribution is -2.39. The van der Waals surface area contributed by atoms with E-state index in [2.05, 4.69) is 26.5 Å². The lowest BCUT2D eigenvalue weighted by molar-refractivity contribution is -0.119. The van der Waals surface area contributed by atoms with Gasteiger partial charge in [-0.25, -0.2) is 13.8 Å². The van der Waals surface area contributed by atoms with Crippen molar-refractivity contribution in [3.63, 3.8) is 0 Å². The van der Waals surface area contributed by atoms with Crippen molar-refractivity contribution < 1.29 is 27.4 Å². The van der Waals surface area contributed by atoms with Crippen LogP contribution in [0.15, 0.2) is 46.0 Å². The van der Waals surface area contributed by atoms with Gasteiger partial charge in [-0.05, 0) is 59.3 Å². The predicted molar refractivity (Wildman–Crippen MR) is 116 cm³/mol. The van der Waals surface area contributed by atoms with Crippen molar-refractivity contribution in [1.29, 1.82) is 0 Å². The number of hydrogen-bond acceptors (Lipinski definition) is 7. The number of anilines is 1. The van der Waals surface area contributed by atoms with Crippen LogP contribution in [0.3, 0.4) is 0 Å². The number of carbonyl (C=O) groups is 1. The van der Waals surface area contributed by atoms with Crippen molar-refractivity contribution in [3.05, 3.63) is 46.4 Å². The Hall–Kier alpha value is -2.79. The van der Waals surface area contributed by atoms with E-state index in [9.17, 15) is 13.2 Å². The Morgan fingerprint density at radius 1 is 1.27 bits per heavy atom. The Morgan fingerprint density at radius 2 is 1.93 bits per heavy atom. The van der Waals surface area contributed by atoms with Gasteiger partial charge in [0.15, 0.2) is 11.5 Å². The molecule has 160 valence electrons. The summed E-state index contributed by atoms with van der Waals surface area (Å²) in [6.45, 7) is 2.07. The quantitative estimate of drug-likeness (QED) is 0.443. The Kier molecular flexibility index (Phi) is 6.83. The van der Waals surface area contributed by atoms with Gasteiger partial charge in [-0.15, -0.1) is 0 Å². The van der Waals surface area contributed by atoms with Crippen LogP contribution in [0.4, 0.5) is 5.69 Å². The van der Waals surface area contributed by atoms with Crippen LogP contribution in [0.1, 0.15) is 12.5 Å². The van der Waals surface area contributed by atoms with E-state index in [1.54, 1.807) is 36.4 Å². The molecule has 0 saturated heterocycles. The van der Waals surface area contributed by atoms with Gasteiger partial charge in [0.25, 0.3) is 5.91 Å². The fourth-order valence-electron chi connectivity index (χ4n) is 2.65. The monoisotopic (exact) mass is 497 g/mol. The maximum Gasteiger partial charge on any atom is 0.260 e. The number of benzene rings is 2. The second-order valence-electron chi connectivity index (χ2n) is 6.22. The normalized spacial score (nSPS) is 12.8. The van der Waals surface area contributed by atoms with Gasteiger partial charge < -0.3 is 14.2 Å². The van der Waals surface area contributed by atoms with Gasteiger partial charge in [-0.1, -0.05) is 0 Å². The number of carbonyl (C=O) groups excluding carboxylic acids is 1. The van der Waals surface area contributed by atoms with E-state index in [-0.39, 0.29) is 6.79 Å². The summed E-state index contributed by atoms with van der Waals surface area (Å²) in [6, 6.07) is 9.89. The average molecular weight is 498 g/mol. The fraction of sp³-hybridized carbons (Fsp3) is 0.263. The van der Waals surface area contributed by atoms with Crippen LogP contribution in [-0.2, 0) is 14.8 Å². The van der Waals surface area contributed by atoms with Crippen molar-refractivity contribution in [1.82, 2.24) is 5.43 Å². The smallest absolute Gasteiger partial charge is 0.260 e. The summed E-state index contributed by atoms with van der Waals surface area (Å²) in [6.07, 6.45) is 2.45. The van der Waals surface area contributed by atoms with Gasteiger partial charge >= 0.3 is 0 Å². The molecule has 0 bridgehead atoms. The van der Waals surface area contributed by atoms with E-state index in [1.807, 2.05) is 6.92 Å². The number of rotatable bonds is 8. The molecule has 0 fully saturated rings. The van der Waals surface area contributed by atoms with Gasteiger partial charge in [-0.3, -0.25) is 9.10 Å². The zero-order chi connectivity index (χ0) is 21.7. The maximum atomic E-state index is 12.3. The minimum atomic E-state index is -3.69. The summed E-state index contributed by atoms with van der Waals surface area (Å²) < 4.78 is 42.0. The van der Waals surface area contributed by atoms with Crippen molar-refractivity contribution >= 4 is 43.8 Å². The first kappa shape index (κ1) is 21.9. The number of hydrogen-bond donors (Lipinski definition) is 1. The molecule has 1 aliphatic rings. The van der Waals surface area contributed by atoms with E-state index in [1.165, 1.54) is 6.21 Å². The third-order valence-electron chi connectivity index (χ3n) is 4.01. The molecule has 1 heterocycles. The van der Waals surface area contributed by atoms with E-state index in [4.69, 9.17) is 14.2 Å². The summed E-state index contributed by atoms with van der Waals surface area (Å²) in [5.41, 5.74) is 3.34. The molecule has 0 radical (unpaired) electrons. The van der Waals surface area contributed by atoms with Crippen LogP contribution in [0, 0.1) is 0 Å². The van der Waals surface area contributed by atoms with E-state index in [0.29, 0.717) is 39.6 Å². The van der Waals surface area contributed by atoms with Crippen LogP contribution in [-0.4, -0.2) is 46.7 Å².